The molecule has 0 N–H and O–H groups in total. The van der Waals surface area contributed by atoms with Crippen molar-refractivity contribution >= 4 is 22.9 Å². The Morgan fingerprint density at radius 2 is 1.85 bits per heavy atom. The lowest BCUT2D eigenvalue weighted by atomic mass is 10.5. The fraction of sp³-hybridized carbons (Fsp3) is 0.364. The molecule has 0 atom stereocenters. The van der Waals surface area contributed by atoms with Crippen LogP contribution in [0.15, 0.2) is 11.4 Å². The largest absolute Gasteiger partial charge is 0.481 e. The lowest BCUT2D eigenvalue weighted by Gasteiger charge is -2.02. The number of ether oxygens (including phenoxy) is 1. The van der Waals surface area contributed by atoms with E-state index >= 15 is 0 Å². The van der Waals surface area contributed by atoms with Crippen molar-refractivity contribution in [1.82, 2.24) is 15.0 Å². The lowest BCUT2D eigenvalue weighted by Crippen LogP contribution is -2.05. The number of halogens is 4. The number of methoxy groups -OCH3 is 1. The van der Waals surface area contributed by atoms with E-state index in [9.17, 15) is 13.2 Å². The minimum atomic E-state index is -4.49. The van der Waals surface area contributed by atoms with E-state index in [4.69, 9.17) is 16.3 Å². The van der Waals surface area contributed by atoms with Crippen LogP contribution in [0, 0.1) is 0 Å². The number of nitrogens with zero attached hydrogens (tertiary/aromatic N) is 3. The van der Waals surface area contributed by atoms with Crippen LogP contribution in [0.4, 0.5) is 13.2 Å². The van der Waals surface area contributed by atoms with Gasteiger partial charge in [-0.1, -0.05) is 25.4 Å². The molecule has 0 aliphatic rings. The molecule has 110 valence electrons. The maximum atomic E-state index is 12.4. The molecule has 2 aromatic heterocycles. The third-order valence-electron chi connectivity index (χ3n) is 1.87. The number of thiazole rings is 1. The molecule has 0 unspecified atom stereocenters. The number of aromatic nitrogens is 3. The summed E-state index contributed by atoms with van der Waals surface area (Å²) in [6, 6.07) is 1.35. The zero-order chi connectivity index (χ0) is 15.3. The molecule has 0 aromatic carbocycles. The third-order valence-corrected chi connectivity index (χ3v) is 2.90. The van der Waals surface area contributed by atoms with E-state index in [1.807, 2.05) is 13.8 Å². The van der Waals surface area contributed by atoms with Crippen LogP contribution in [0.5, 0.6) is 5.88 Å². The molecular formula is C11H11ClF3N3OS. The Kier molecular flexibility index (Phi) is 5.70. The first-order valence-electron chi connectivity index (χ1n) is 5.52. The van der Waals surface area contributed by atoms with Gasteiger partial charge >= 0.3 is 6.18 Å². The number of rotatable bonds is 2. The van der Waals surface area contributed by atoms with Gasteiger partial charge in [0.05, 0.1) is 7.11 Å². The summed E-state index contributed by atoms with van der Waals surface area (Å²) >= 11 is 6.49. The summed E-state index contributed by atoms with van der Waals surface area (Å²) in [6.45, 7) is 4.00. The van der Waals surface area contributed by atoms with Gasteiger partial charge in [0.15, 0.2) is 16.5 Å². The first kappa shape index (κ1) is 16.6. The van der Waals surface area contributed by atoms with Gasteiger partial charge in [-0.05, 0) is 0 Å². The van der Waals surface area contributed by atoms with Crippen LogP contribution in [0.2, 0.25) is 5.15 Å². The highest BCUT2D eigenvalue weighted by Crippen LogP contribution is 2.33. The zero-order valence-corrected chi connectivity index (χ0v) is 12.4. The number of hydrogen-bond donors (Lipinski definition) is 0. The lowest BCUT2D eigenvalue weighted by molar-refractivity contribution is -0.140. The van der Waals surface area contributed by atoms with Crippen LogP contribution in [0.25, 0.3) is 10.8 Å². The smallest absolute Gasteiger partial charge is 0.434 e. The molecule has 9 heteroatoms. The van der Waals surface area contributed by atoms with Crippen LogP contribution >= 0.6 is 22.9 Å². The van der Waals surface area contributed by atoms with Crippen LogP contribution in [-0.2, 0) is 6.18 Å². The van der Waals surface area contributed by atoms with Crippen molar-refractivity contribution < 1.29 is 17.9 Å². The van der Waals surface area contributed by atoms with Gasteiger partial charge in [0.2, 0.25) is 5.88 Å². The molecule has 2 heterocycles. The summed E-state index contributed by atoms with van der Waals surface area (Å²) in [7, 11) is 1.37. The summed E-state index contributed by atoms with van der Waals surface area (Å²) in [5, 5.41) is 0.996. The fourth-order valence-electron chi connectivity index (χ4n) is 1.10. The summed E-state index contributed by atoms with van der Waals surface area (Å²) in [5.74, 6) is 0.161. The van der Waals surface area contributed by atoms with E-state index in [-0.39, 0.29) is 21.9 Å². The van der Waals surface area contributed by atoms with Crippen molar-refractivity contribution in [2.24, 2.45) is 0 Å². The predicted molar refractivity (Wildman–Crippen MR) is 71.1 cm³/mol. The van der Waals surface area contributed by atoms with Crippen LogP contribution in [0.1, 0.15) is 19.5 Å². The number of hydrogen-bond acceptors (Lipinski definition) is 5. The van der Waals surface area contributed by atoms with Gasteiger partial charge < -0.3 is 4.74 Å². The van der Waals surface area contributed by atoms with Crippen LogP contribution in [-0.4, -0.2) is 22.1 Å². The maximum Gasteiger partial charge on any atom is 0.434 e. The average molecular weight is 326 g/mol. The first-order chi connectivity index (χ1) is 9.40. The number of alkyl halides is 3. The minimum Gasteiger partial charge on any atom is -0.481 e. The molecule has 20 heavy (non-hydrogen) atoms. The molecule has 0 fully saturated rings. The fourth-order valence-corrected chi connectivity index (χ4v) is 2.03. The quantitative estimate of drug-likeness (QED) is 0.772. The Balaban J connectivity index is 0.000000956. The van der Waals surface area contributed by atoms with Crippen molar-refractivity contribution in [3.05, 3.63) is 22.3 Å². The monoisotopic (exact) mass is 325 g/mol. The van der Waals surface area contributed by atoms with Crippen molar-refractivity contribution in [3.63, 3.8) is 0 Å². The second kappa shape index (κ2) is 6.85. The van der Waals surface area contributed by atoms with Gasteiger partial charge in [0.25, 0.3) is 0 Å². The van der Waals surface area contributed by atoms with Gasteiger partial charge in [-0.25, -0.2) is 9.97 Å². The van der Waals surface area contributed by atoms with Gasteiger partial charge in [0.1, 0.15) is 5.15 Å². The summed E-state index contributed by atoms with van der Waals surface area (Å²) < 4.78 is 42.0. The summed E-state index contributed by atoms with van der Waals surface area (Å²) in [4.78, 5) is 11.1. The summed E-state index contributed by atoms with van der Waals surface area (Å²) in [5.41, 5.74) is -0.981. The Hall–Kier alpha value is -1.41. The third kappa shape index (κ3) is 4.04. The molecule has 0 saturated heterocycles. The van der Waals surface area contributed by atoms with E-state index < -0.39 is 11.9 Å². The highest BCUT2D eigenvalue weighted by Gasteiger charge is 2.34. The maximum absolute atomic E-state index is 12.4. The molecule has 0 radical (unpaired) electrons. The Morgan fingerprint density at radius 1 is 1.20 bits per heavy atom. The van der Waals surface area contributed by atoms with Gasteiger partial charge in [0, 0.05) is 11.4 Å². The molecule has 0 amide bonds. The molecule has 2 aromatic rings. The van der Waals surface area contributed by atoms with Crippen molar-refractivity contribution in [2.75, 3.05) is 7.11 Å². The van der Waals surface area contributed by atoms with E-state index in [1.54, 1.807) is 0 Å². The molecule has 0 spiro atoms. The standard InChI is InChI=1S/C9H5ClF3N3OS.C2H6/c1-17-6-2-5(10)15-7(16-6)8-14-4(3-18-8)9(11,12)13;1-2/h2-3H,1H3;1-2H3. The molecule has 0 bridgehead atoms. The van der Waals surface area contributed by atoms with Crippen LogP contribution < -0.4 is 4.74 Å². The Morgan fingerprint density at radius 3 is 2.35 bits per heavy atom. The minimum absolute atomic E-state index is 0.000139. The predicted octanol–water partition coefficient (Wildman–Crippen LogP) is 4.31. The van der Waals surface area contributed by atoms with Crippen molar-refractivity contribution in [2.45, 2.75) is 20.0 Å². The molecule has 0 aliphatic carbocycles. The topological polar surface area (TPSA) is 47.9 Å². The Labute approximate surface area is 122 Å². The first-order valence-corrected chi connectivity index (χ1v) is 6.77. The van der Waals surface area contributed by atoms with Crippen LogP contribution in [0.3, 0.4) is 0 Å². The second-order valence-electron chi connectivity index (χ2n) is 3.09. The zero-order valence-electron chi connectivity index (χ0n) is 10.8. The molecule has 0 saturated carbocycles. The molecule has 4 nitrogen and oxygen atoms in total. The summed E-state index contributed by atoms with van der Waals surface area (Å²) in [6.07, 6.45) is -4.49. The van der Waals surface area contributed by atoms with E-state index in [0.717, 1.165) is 16.7 Å². The van der Waals surface area contributed by atoms with E-state index in [0.29, 0.717) is 0 Å². The average Bonchev–Trinajstić information content (AvgIpc) is 2.90. The van der Waals surface area contributed by atoms with Gasteiger partial charge in [-0.2, -0.15) is 18.2 Å². The highest BCUT2D eigenvalue weighted by atomic mass is 35.5. The second-order valence-corrected chi connectivity index (χ2v) is 4.34. The van der Waals surface area contributed by atoms with E-state index in [1.165, 1.54) is 13.2 Å². The van der Waals surface area contributed by atoms with Crippen molar-refractivity contribution in [3.8, 4) is 16.7 Å². The molecular weight excluding hydrogens is 315 g/mol. The highest BCUT2D eigenvalue weighted by molar-refractivity contribution is 7.13. The van der Waals surface area contributed by atoms with Gasteiger partial charge in [-0.15, -0.1) is 11.3 Å². The van der Waals surface area contributed by atoms with Gasteiger partial charge in [-0.3, -0.25) is 0 Å². The Bertz CT molecular complexity index is 574. The normalized spacial score (nSPS) is 10.8. The molecule has 0 aliphatic heterocycles. The van der Waals surface area contributed by atoms with E-state index in [2.05, 4.69) is 15.0 Å². The SMILES string of the molecule is CC.COc1cc(Cl)nc(-c2nc(C(F)(F)F)cs2)n1. The van der Waals surface area contributed by atoms with Crippen molar-refractivity contribution in [1.29, 1.82) is 0 Å². The molecule has 2 rings (SSSR count).